The van der Waals surface area contributed by atoms with Gasteiger partial charge in [-0.3, -0.25) is 9.48 Å². The van der Waals surface area contributed by atoms with Crippen LogP contribution in [-0.4, -0.2) is 28.3 Å². The molecule has 0 radical (unpaired) electrons. The first-order valence-corrected chi connectivity index (χ1v) is 7.22. The zero-order valence-electron chi connectivity index (χ0n) is 13.9. The standard InChI is InChI=1S/C15H28N4O.ClH/c1-10(2)7-12(8-16)18-14(20)13-9-17-19(11(13)3)15(4,5)6;/h9-10,12H,7-8,16H2,1-6H3,(H,18,20);1H. The van der Waals surface area contributed by atoms with E-state index < -0.39 is 0 Å². The van der Waals surface area contributed by atoms with Gasteiger partial charge >= 0.3 is 0 Å². The van der Waals surface area contributed by atoms with Crippen LogP contribution in [0.15, 0.2) is 6.20 Å². The smallest absolute Gasteiger partial charge is 0.255 e. The summed E-state index contributed by atoms with van der Waals surface area (Å²) in [6, 6.07) is 0.0138. The molecule has 0 aliphatic rings. The zero-order chi connectivity index (χ0) is 15.5. The molecule has 0 bridgehead atoms. The third-order valence-corrected chi connectivity index (χ3v) is 3.27. The van der Waals surface area contributed by atoms with Gasteiger partial charge in [-0.05, 0) is 40.0 Å². The van der Waals surface area contributed by atoms with E-state index in [-0.39, 0.29) is 29.9 Å². The van der Waals surface area contributed by atoms with Crippen LogP contribution in [0, 0.1) is 12.8 Å². The Morgan fingerprint density at radius 2 is 2.00 bits per heavy atom. The van der Waals surface area contributed by atoms with E-state index in [1.165, 1.54) is 0 Å². The van der Waals surface area contributed by atoms with E-state index in [2.05, 4.69) is 45.0 Å². The van der Waals surface area contributed by atoms with Gasteiger partial charge in [-0.25, -0.2) is 0 Å². The Labute approximate surface area is 134 Å². The van der Waals surface area contributed by atoms with Crippen LogP contribution >= 0.6 is 12.4 Å². The molecule has 1 aromatic heterocycles. The molecule has 1 heterocycles. The maximum Gasteiger partial charge on any atom is 0.255 e. The molecule has 1 atom stereocenters. The van der Waals surface area contributed by atoms with Gasteiger partial charge in [0.05, 0.1) is 17.3 Å². The van der Waals surface area contributed by atoms with Gasteiger partial charge in [0.2, 0.25) is 0 Å². The number of amides is 1. The van der Waals surface area contributed by atoms with E-state index in [9.17, 15) is 4.79 Å². The van der Waals surface area contributed by atoms with Crippen molar-refractivity contribution in [1.82, 2.24) is 15.1 Å². The summed E-state index contributed by atoms with van der Waals surface area (Å²) >= 11 is 0. The molecule has 0 aliphatic heterocycles. The van der Waals surface area contributed by atoms with Gasteiger partial charge in [0.1, 0.15) is 0 Å². The van der Waals surface area contributed by atoms with Crippen LogP contribution in [0.3, 0.4) is 0 Å². The van der Waals surface area contributed by atoms with Gasteiger partial charge < -0.3 is 11.1 Å². The maximum absolute atomic E-state index is 12.3. The van der Waals surface area contributed by atoms with Crippen molar-refractivity contribution in [3.05, 3.63) is 17.5 Å². The van der Waals surface area contributed by atoms with Crippen LogP contribution in [0.25, 0.3) is 0 Å². The van der Waals surface area contributed by atoms with Crippen molar-refractivity contribution in [2.75, 3.05) is 6.54 Å². The summed E-state index contributed by atoms with van der Waals surface area (Å²) in [6.07, 6.45) is 2.52. The molecule has 1 rings (SSSR count). The largest absolute Gasteiger partial charge is 0.348 e. The average molecular weight is 317 g/mol. The Balaban J connectivity index is 0.00000400. The van der Waals surface area contributed by atoms with Crippen LogP contribution in [-0.2, 0) is 5.54 Å². The topological polar surface area (TPSA) is 72.9 Å². The summed E-state index contributed by atoms with van der Waals surface area (Å²) in [5.41, 5.74) is 7.10. The molecule has 3 N–H and O–H groups in total. The molecule has 21 heavy (non-hydrogen) atoms. The molecule has 0 saturated carbocycles. The maximum atomic E-state index is 12.3. The molecule has 0 spiro atoms. The number of hydrogen-bond donors (Lipinski definition) is 2. The second-order valence-corrected chi connectivity index (χ2v) is 6.76. The van der Waals surface area contributed by atoms with Gasteiger partial charge in [-0.2, -0.15) is 5.10 Å². The molecular formula is C15H29ClN4O. The lowest BCUT2D eigenvalue weighted by Crippen LogP contribution is -2.41. The molecule has 0 aliphatic carbocycles. The average Bonchev–Trinajstić information content (AvgIpc) is 2.69. The highest BCUT2D eigenvalue weighted by Gasteiger charge is 2.22. The van der Waals surface area contributed by atoms with Crippen LogP contribution in [0.2, 0.25) is 0 Å². The van der Waals surface area contributed by atoms with Crippen molar-refractivity contribution < 1.29 is 4.79 Å². The second kappa shape index (κ2) is 7.80. The third kappa shape index (κ3) is 5.32. The molecule has 6 heteroatoms. The second-order valence-electron chi connectivity index (χ2n) is 6.76. The summed E-state index contributed by atoms with van der Waals surface area (Å²) in [6.45, 7) is 12.8. The number of hydrogen-bond acceptors (Lipinski definition) is 3. The highest BCUT2D eigenvalue weighted by atomic mass is 35.5. The van der Waals surface area contributed by atoms with Gasteiger partial charge in [-0.1, -0.05) is 13.8 Å². The fourth-order valence-electron chi connectivity index (χ4n) is 2.36. The van der Waals surface area contributed by atoms with Crippen molar-refractivity contribution >= 4 is 18.3 Å². The summed E-state index contributed by atoms with van der Waals surface area (Å²) in [7, 11) is 0. The van der Waals surface area contributed by atoms with Crippen LogP contribution < -0.4 is 11.1 Å². The SMILES string of the molecule is Cc1c(C(=O)NC(CN)CC(C)C)cnn1C(C)(C)C.Cl. The predicted molar refractivity (Wildman–Crippen MR) is 89.0 cm³/mol. The van der Waals surface area contributed by atoms with Crippen LogP contribution in [0.4, 0.5) is 0 Å². The molecular weight excluding hydrogens is 288 g/mol. The normalized spacial score (nSPS) is 13.0. The van der Waals surface area contributed by atoms with E-state index in [1.54, 1.807) is 6.20 Å². The minimum absolute atomic E-state index is 0. The Bertz CT molecular complexity index is 463. The van der Waals surface area contributed by atoms with Gasteiger partial charge in [0, 0.05) is 18.3 Å². The summed E-state index contributed by atoms with van der Waals surface area (Å²) in [4.78, 5) is 12.3. The lowest BCUT2D eigenvalue weighted by atomic mass is 10.0. The first-order chi connectivity index (χ1) is 9.16. The van der Waals surface area contributed by atoms with Crippen LogP contribution in [0.1, 0.15) is 57.1 Å². The molecule has 5 nitrogen and oxygen atoms in total. The van der Waals surface area contributed by atoms with E-state index in [1.807, 2.05) is 11.6 Å². The summed E-state index contributed by atoms with van der Waals surface area (Å²) in [5, 5.41) is 7.33. The number of carbonyl (C=O) groups excluding carboxylic acids is 1. The molecule has 1 aromatic rings. The monoisotopic (exact) mass is 316 g/mol. The number of nitrogens with one attached hydrogen (secondary N) is 1. The number of carbonyl (C=O) groups is 1. The Hall–Kier alpha value is -1.07. The zero-order valence-corrected chi connectivity index (χ0v) is 14.8. The molecule has 0 saturated heterocycles. The van der Waals surface area contributed by atoms with Gasteiger partial charge in [0.25, 0.3) is 5.91 Å². The van der Waals surface area contributed by atoms with Crippen molar-refractivity contribution in [3.8, 4) is 0 Å². The lowest BCUT2D eigenvalue weighted by Gasteiger charge is -2.22. The fraction of sp³-hybridized carbons (Fsp3) is 0.733. The van der Waals surface area contributed by atoms with E-state index in [0.29, 0.717) is 18.0 Å². The highest BCUT2D eigenvalue weighted by molar-refractivity contribution is 5.95. The Morgan fingerprint density at radius 1 is 1.43 bits per heavy atom. The third-order valence-electron chi connectivity index (χ3n) is 3.27. The molecule has 0 aromatic carbocycles. The minimum Gasteiger partial charge on any atom is -0.348 e. The lowest BCUT2D eigenvalue weighted by molar-refractivity contribution is 0.0933. The van der Waals surface area contributed by atoms with Crippen LogP contribution in [0.5, 0.6) is 0 Å². The number of rotatable bonds is 5. The molecule has 122 valence electrons. The minimum atomic E-state index is -0.131. The first kappa shape index (κ1) is 19.9. The van der Waals surface area contributed by atoms with Crippen molar-refractivity contribution in [2.45, 2.75) is 59.5 Å². The van der Waals surface area contributed by atoms with Crippen molar-refractivity contribution in [1.29, 1.82) is 0 Å². The van der Waals surface area contributed by atoms with Gasteiger partial charge in [0.15, 0.2) is 0 Å². The van der Waals surface area contributed by atoms with Crippen molar-refractivity contribution in [3.63, 3.8) is 0 Å². The van der Waals surface area contributed by atoms with Crippen molar-refractivity contribution in [2.24, 2.45) is 11.7 Å². The number of halogens is 1. The molecule has 1 unspecified atom stereocenters. The summed E-state index contributed by atoms with van der Waals surface area (Å²) < 4.78 is 1.88. The fourth-order valence-corrected chi connectivity index (χ4v) is 2.36. The number of nitrogens with two attached hydrogens (primary N) is 1. The number of aromatic nitrogens is 2. The quantitative estimate of drug-likeness (QED) is 0.876. The Morgan fingerprint density at radius 3 is 2.38 bits per heavy atom. The van der Waals surface area contributed by atoms with E-state index in [4.69, 9.17) is 5.73 Å². The summed E-state index contributed by atoms with van der Waals surface area (Å²) in [5.74, 6) is 0.413. The molecule has 0 fully saturated rings. The Kier molecular flexibility index (Phi) is 7.40. The number of nitrogens with zero attached hydrogens (tertiary/aromatic N) is 2. The highest BCUT2D eigenvalue weighted by Crippen LogP contribution is 2.18. The molecule has 1 amide bonds. The van der Waals surface area contributed by atoms with E-state index in [0.717, 1.165) is 12.1 Å². The van der Waals surface area contributed by atoms with Gasteiger partial charge in [-0.15, -0.1) is 12.4 Å². The van der Waals surface area contributed by atoms with E-state index >= 15 is 0 Å². The predicted octanol–water partition coefficient (Wildman–Crippen LogP) is 2.47. The first-order valence-electron chi connectivity index (χ1n) is 7.22.